The van der Waals surface area contributed by atoms with Crippen molar-refractivity contribution in [3.8, 4) is 0 Å². The Kier molecular flexibility index (Phi) is 4.07. The molecule has 0 aromatic carbocycles. The summed E-state index contributed by atoms with van der Waals surface area (Å²) in [5.41, 5.74) is 9.01. The van der Waals surface area contributed by atoms with E-state index in [0.717, 1.165) is 26.6 Å². The second-order valence-corrected chi connectivity index (χ2v) is 7.84. The lowest BCUT2D eigenvalue weighted by molar-refractivity contribution is -0.0113. The van der Waals surface area contributed by atoms with E-state index in [4.69, 9.17) is 10.7 Å². The van der Waals surface area contributed by atoms with Crippen molar-refractivity contribution in [2.45, 2.75) is 19.2 Å². The number of nitrogens with zero attached hydrogens (tertiary/aromatic N) is 6. The maximum atomic E-state index is 14.0. The van der Waals surface area contributed by atoms with Crippen LogP contribution in [0.1, 0.15) is 33.9 Å². The second-order valence-electron chi connectivity index (χ2n) is 6.76. The molecule has 0 saturated heterocycles. The molecule has 1 unspecified atom stereocenters. The van der Waals surface area contributed by atoms with Gasteiger partial charge in [0.15, 0.2) is 11.9 Å². The number of nitrogens with two attached hydrogens (primary N) is 1. The summed E-state index contributed by atoms with van der Waals surface area (Å²) in [6, 6.07) is 4.56. The maximum Gasteiger partial charge on any atom is 0.184 e. The van der Waals surface area contributed by atoms with E-state index in [0.29, 0.717) is 12.1 Å². The number of thiazole rings is 1. The average Bonchev–Trinajstić information content (AvgIpc) is 3.40. The van der Waals surface area contributed by atoms with Crippen LogP contribution in [-0.4, -0.2) is 41.1 Å². The molecule has 29 heavy (non-hydrogen) atoms. The van der Waals surface area contributed by atoms with Crippen LogP contribution in [0.4, 0.5) is 10.2 Å². The molecule has 0 radical (unpaired) electrons. The molecule has 0 fully saturated rings. The lowest BCUT2D eigenvalue weighted by Gasteiger charge is -2.28. The Morgan fingerprint density at radius 1 is 1.31 bits per heavy atom. The molecule has 0 aliphatic carbocycles. The molecular formula is C18H17FN8OS. The van der Waals surface area contributed by atoms with Gasteiger partial charge in [-0.05, 0) is 18.2 Å². The Hall–Kier alpha value is -3.31. The topological polar surface area (TPSA) is 121 Å². The van der Waals surface area contributed by atoms with E-state index >= 15 is 0 Å². The fourth-order valence-electron chi connectivity index (χ4n) is 3.46. The summed E-state index contributed by atoms with van der Waals surface area (Å²) in [6.45, 7) is -0.00862. The molecule has 11 heteroatoms. The number of hydrogen-bond acceptors (Lipinski definition) is 8. The van der Waals surface area contributed by atoms with E-state index in [1.54, 1.807) is 23.7 Å². The molecule has 1 aliphatic rings. The summed E-state index contributed by atoms with van der Waals surface area (Å²) < 4.78 is 16.8. The molecule has 0 spiro atoms. The Labute approximate surface area is 168 Å². The summed E-state index contributed by atoms with van der Waals surface area (Å²) >= 11 is 1.55. The van der Waals surface area contributed by atoms with Crippen LogP contribution in [-0.2, 0) is 20.0 Å². The first-order chi connectivity index (χ1) is 14.0. The summed E-state index contributed by atoms with van der Waals surface area (Å²) in [6.07, 6.45) is 2.98. The van der Waals surface area contributed by atoms with E-state index in [1.165, 1.54) is 17.1 Å². The molecule has 148 valence electrons. The molecule has 0 amide bonds. The highest BCUT2D eigenvalue weighted by atomic mass is 32.1. The molecule has 4 aromatic rings. The van der Waals surface area contributed by atoms with Crippen molar-refractivity contribution in [2.75, 3.05) is 5.73 Å². The van der Waals surface area contributed by atoms with Gasteiger partial charge in [0.2, 0.25) is 0 Å². The molecule has 1 aliphatic heterocycles. The van der Waals surface area contributed by atoms with Gasteiger partial charge in [-0.2, -0.15) is 10.2 Å². The number of aliphatic hydroxyl groups excluding tert-OH is 1. The standard InChI is InChI=1S/C18H17FN8OS/c1-26-15-10(16-17(26)24-14(29-16)6-9-4-5-21-25-9)7-22-27(18(15)28)8-12-11(19)2-3-13(20)23-12/h2-5,7,18,28H,6,8H2,1H3,(H2,20,23)(H,21,25). The van der Waals surface area contributed by atoms with Crippen molar-refractivity contribution in [1.29, 1.82) is 0 Å². The highest BCUT2D eigenvalue weighted by molar-refractivity contribution is 7.19. The van der Waals surface area contributed by atoms with Gasteiger partial charge in [0.05, 0.1) is 28.8 Å². The van der Waals surface area contributed by atoms with Crippen LogP contribution in [0, 0.1) is 5.82 Å². The van der Waals surface area contributed by atoms with Crippen LogP contribution in [0.15, 0.2) is 29.5 Å². The number of aryl methyl sites for hydroxylation is 1. The third-order valence-corrected chi connectivity index (χ3v) is 5.95. The molecular weight excluding hydrogens is 395 g/mol. The number of aromatic nitrogens is 5. The summed E-state index contributed by atoms with van der Waals surface area (Å²) in [5.74, 6) is -0.281. The highest BCUT2D eigenvalue weighted by Gasteiger charge is 2.31. The first-order valence-corrected chi connectivity index (χ1v) is 9.68. The lowest BCUT2D eigenvalue weighted by Crippen LogP contribution is -2.29. The molecule has 0 bridgehead atoms. The van der Waals surface area contributed by atoms with Crippen LogP contribution >= 0.6 is 11.3 Å². The number of fused-ring (bicyclic) bond motifs is 3. The SMILES string of the molecule is Cn1c2c(c3sc(Cc4ccn[nH]4)nc31)C=NN(Cc1nc(N)ccc1F)C2O. The fourth-order valence-corrected chi connectivity index (χ4v) is 4.59. The minimum Gasteiger partial charge on any atom is -0.384 e. The predicted octanol–water partition coefficient (Wildman–Crippen LogP) is 1.91. The minimum atomic E-state index is -1.06. The van der Waals surface area contributed by atoms with Gasteiger partial charge >= 0.3 is 0 Å². The number of H-pyrrole nitrogens is 1. The number of hydrazone groups is 1. The molecule has 9 nitrogen and oxygen atoms in total. The number of rotatable bonds is 4. The van der Waals surface area contributed by atoms with Gasteiger partial charge in [-0.3, -0.25) is 10.1 Å². The van der Waals surface area contributed by atoms with Gasteiger partial charge in [0, 0.05) is 30.9 Å². The Morgan fingerprint density at radius 2 is 2.17 bits per heavy atom. The number of hydrogen-bond donors (Lipinski definition) is 3. The average molecular weight is 412 g/mol. The van der Waals surface area contributed by atoms with Crippen molar-refractivity contribution in [3.05, 3.63) is 57.9 Å². The van der Waals surface area contributed by atoms with E-state index in [1.807, 2.05) is 17.7 Å². The van der Waals surface area contributed by atoms with Crippen molar-refractivity contribution in [2.24, 2.45) is 12.1 Å². The van der Waals surface area contributed by atoms with Crippen LogP contribution in [0.3, 0.4) is 0 Å². The van der Waals surface area contributed by atoms with E-state index in [2.05, 4.69) is 20.3 Å². The number of anilines is 1. The van der Waals surface area contributed by atoms with Crippen molar-refractivity contribution in [1.82, 2.24) is 29.7 Å². The highest BCUT2D eigenvalue weighted by Crippen LogP contribution is 2.37. The zero-order valence-electron chi connectivity index (χ0n) is 15.4. The number of pyridine rings is 1. The zero-order chi connectivity index (χ0) is 20.1. The number of aromatic amines is 1. The fraction of sp³-hybridized carbons (Fsp3) is 0.222. The maximum absolute atomic E-state index is 14.0. The van der Waals surface area contributed by atoms with E-state index in [-0.39, 0.29) is 18.1 Å². The molecule has 5 heterocycles. The third kappa shape index (κ3) is 2.95. The van der Waals surface area contributed by atoms with Crippen LogP contribution in [0.2, 0.25) is 0 Å². The smallest absolute Gasteiger partial charge is 0.184 e. The Bertz CT molecular complexity index is 1230. The first kappa shape index (κ1) is 17.8. The number of nitrogen functional groups attached to an aromatic ring is 1. The summed E-state index contributed by atoms with van der Waals surface area (Å²) in [5, 5.41) is 24.4. The van der Waals surface area contributed by atoms with Gasteiger partial charge in [-0.1, -0.05) is 0 Å². The minimum absolute atomic E-state index is 0.00862. The van der Waals surface area contributed by atoms with Gasteiger partial charge in [0.1, 0.15) is 16.6 Å². The van der Waals surface area contributed by atoms with Crippen molar-refractivity contribution >= 4 is 33.7 Å². The zero-order valence-corrected chi connectivity index (χ0v) is 16.2. The number of halogens is 1. The van der Waals surface area contributed by atoms with Crippen LogP contribution < -0.4 is 5.73 Å². The van der Waals surface area contributed by atoms with Crippen LogP contribution in [0.25, 0.3) is 10.3 Å². The quantitative estimate of drug-likeness (QED) is 0.471. The largest absolute Gasteiger partial charge is 0.384 e. The lowest BCUT2D eigenvalue weighted by atomic mass is 10.2. The van der Waals surface area contributed by atoms with E-state index < -0.39 is 12.0 Å². The monoisotopic (exact) mass is 412 g/mol. The predicted molar refractivity (Wildman–Crippen MR) is 107 cm³/mol. The van der Waals surface area contributed by atoms with Crippen molar-refractivity contribution < 1.29 is 9.50 Å². The Morgan fingerprint density at radius 3 is 2.97 bits per heavy atom. The normalized spacial score (nSPS) is 16.0. The molecule has 4 aromatic heterocycles. The molecule has 0 saturated carbocycles. The first-order valence-electron chi connectivity index (χ1n) is 8.87. The van der Waals surface area contributed by atoms with Gasteiger partial charge in [-0.15, -0.1) is 11.3 Å². The number of nitrogens with one attached hydrogen (secondary N) is 1. The molecule has 1 atom stereocenters. The molecule has 4 N–H and O–H groups in total. The van der Waals surface area contributed by atoms with Crippen LogP contribution in [0.5, 0.6) is 0 Å². The van der Waals surface area contributed by atoms with Gasteiger partial charge < -0.3 is 15.4 Å². The van der Waals surface area contributed by atoms with E-state index in [9.17, 15) is 9.50 Å². The van der Waals surface area contributed by atoms with Crippen molar-refractivity contribution in [3.63, 3.8) is 0 Å². The molecule has 5 rings (SSSR count). The summed E-state index contributed by atoms with van der Waals surface area (Å²) in [4.78, 5) is 8.73. The third-order valence-electron chi connectivity index (χ3n) is 4.87. The summed E-state index contributed by atoms with van der Waals surface area (Å²) in [7, 11) is 1.85. The number of aliphatic hydroxyl groups is 1. The van der Waals surface area contributed by atoms with Gasteiger partial charge in [0.25, 0.3) is 0 Å². The Balaban J connectivity index is 1.48. The second kappa shape index (κ2) is 6.64. The van der Waals surface area contributed by atoms with Gasteiger partial charge in [-0.25, -0.2) is 14.4 Å².